The number of rotatable bonds is 6. The van der Waals surface area contributed by atoms with Crippen LogP contribution in [0.5, 0.6) is 0 Å². The number of fused-ring (bicyclic) bond motifs is 1. The standard InChI is InChI=1S/C17H17N3O5S/c18-26(23,24)13-9-7-12(8-10-13)19-16(21)6-3-11-20-14-4-1-2-5-15(14)25-17(20)22/h1-2,4-5,7-10H,3,6,11H2,(H,19,21)(H2,18,23,24). The second-order valence-corrected chi connectivity index (χ2v) is 7.27. The van der Waals surface area contributed by atoms with Gasteiger partial charge in [0.1, 0.15) is 0 Å². The molecule has 1 heterocycles. The third kappa shape index (κ3) is 4.01. The van der Waals surface area contributed by atoms with Crippen LogP contribution >= 0.6 is 0 Å². The maximum atomic E-state index is 12.0. The van der Waals surface area contributed by atoms with Crippen LogP contribution in [-0.4, -0.2) is 18.9 Å². The Balaban J connectivity index is 1.57. The van der Waals surface area contributed by atoms with Crippen LogP contribution in [-0.2, 0) is 21.4 Å². The van der Waals surface area contributed by atoms with Gasteiger partial charge in [0.15, 0.2) is 5.58 Å². The van der Waals surface area contributed by atoms with Crippen molar-refractivity contribution in [2.24, 2.45) is 5.14 Å². The Kier molecular flexibility index (Phi) is 4.92. The fraction of sp³-hybridized carbons (Fsp3) is 0.176. The number of carbonyl (C=O) groups is 1. The van der Waals surface area contributed by atoms with Gasteiger partial charge in [-0.05, 0) is 42.8 Å². The van der Waals surface area contributed by atoms with Crippen molar-refractivity contribution in [1.82, 2.24) is 4.57 Å². The first-order chi connectivity index (χ1) is 12.3. The first kappa shape index (κ1) is 17.9. The Hall–Kier alpha value is -2.91. The van der Waals surface area contributed by atoms with Crippen molar-refractivity contribution in [1.29, 1.82) is 0 Å². The van der Waals surface area contributed by atoms with Crippen molar-refractivity contribution in [3.8, 4) is 0 Å². The molecule has 3 rings (SSSR count). The zero-order valence-corrected chi connectivity index (χ0v) is 14.5. The molecule has 1 aromatic heterocycles. The molecule has 0 unspecified atom stereocenters. The number of nitrogens with one attached hydrogen (secondary N) is 1. The number of hydrogen-bond donors (Lipinski definition) is 2. The van der Waals surface area contributed by atoms with Gasteiger partial charge >= 0.3 is 5.76 Å². The highest BCUT2D eigenvalue weighted by Crippen LogP contribution is 2.14. The van der Waals surface area contributed by atoms with E-state index in [1.165, 1.54) is 28.8 Å². The van der Waals surface area contributed by atoms with Crippen LogP contribution in [0.15, 0.2) is 62.6 Å². The van der Waals surface area contributed by atoms with E-state index in [4.69, 9.17) is 9.56 Å². The molecule has 0 radical (unpaired) electrons. The first-order valence-electron chi connectivity index (χ1n) is 7.86. The molecule has 0 fully saturated rings. The van der Waals surface area contributed by atoms with Gasteiger partial charge in [0.05, 0.1) is 10.4 Å². The van der Waals surface area contributed by atoms with Gasteiger partial charge in [0, 0.05) is 18.7 Å². The highest BCUT2D eigenvalue weighted by atomic mass is 32.2. The van der Waals surface area contributed by atoms with Gasteiger partial charge in [-0.3, -0.25) is 9.36 Å². The molecule has 0 aliphatic carbocycles. The molecule has 0 aliphatic heterocycles. The lowest BCUT2D eigenvalue weighted by Crippen LogP contribution is -2.17. The van der Waals surface area contributed by atoms with E-state index in [1.807, 2.05) is 6.07 Å². The highest BCUT2D eigenvalue weighted by Gasteiger charge is 2.10. The lowest BCUT2D eigenvalue weighted by molar-refractivity contribution is -0.116. The summed E-state index contributed by atoms with van der Waals surface area (Å²) in [6.07, 6.45) is 0.646. The molecule has 3 aromatic rings. The number of nitrogens with two attached hydrogens (primary N) is 1. The van der Waals surface area contributed by atoms with E-state index in [9.17, 15) is 18.0 Å². The van der Waals surface area contributed by atoms with E-state index in [1.54, 1.807) is 18.2 Å². The third-order valence-electron chi connectivity index (χ3n) is 3.83. The Morgan fingerprint density at radius 1 is 1.12 bits per heavy atom. The number of nitrogens with zero attached hydrogens (tertiary/aromatic N) is 1. The molecular formula is C17H17N3O5S. The van der Waals surface area contributed by atoms with E-state index in [2.05, 4.69) is 5.32 Å². The summed E-state index contributed by atoms with van der Waals surface area (Å²) in [5.74, 6) is -0.695. The minimum atomic E-state index is -3.76. The van der Waals surface area contributed by atoms with Crippen molar-refractivity contribution in [3.05, 3.63) is 59.1 Å². The van der Waals surface area contributed by atoms with Crippen LogP contribution in [0.4, 0.5) is 5.69 Å². The number of amides is 1. The minimum Gasteiger partial charge on any atom is -0.408 e. The fourth-order valence-electron chi connectivity index (χ4n) is 2.57. The molecule has 0 atom stereocenters. The molecule has 1 amide bonds. The van der Waals surface area contributed by atoms with Crippen LogP contribution in [0.3, 0.4) is 0 Å². The number of hydrogen-bond acceptors (Lipinski definition) is 5. The Bertz CT molecular complexity index is 1100. The molecule has 8 nitrogen and oxygen atoms in total. The molecule has 136 valence electrons. The quantitative estimate of drug-likeness (QED) is 0.678. The molecule has 9 heteroatoms. The summed E-state index contributed by atoms with van der Waals surface area (Å²) in [6.45, 7) is 0.355. The average Bonchev–Trinajstić information content (AvgIpc) is 2.90. The predicted molar refractivity (Wildman–Crippen MR) is 96.2 cm³/mol. The summed E-state index contributed by atoms with van der Waals surface area (Å²) in [5.41, 5.74) is 1.67. The third-order valence-corrected chi connectivity index (χ3v) is 4.76. The normalized spacial score (nSPS) is 11.6. The number of primary sulfonamides is 1. The van der Waals surface area contributed by atoms with Gasteiger partial charge < -0.3 is 9.73 Å². The monoisotopic (exact) mass is 375 g/mol. The molecule has 0 bridgehead atoms. The topological polar surface area (TPSA) is 124 Å². The maximum Gasteiger partial charge on any atom is 0.419 e. The van der Waals surface area contributed by atoms with Gasteiger partial charge in [-0.15, -0.1) is 0 Å². The van der Waals surface area contributed by atoms with Crippen molar-refractivity contribution in [2.45, 2.75) is 24.3 Å². The molecule has 26 heavy (non-hydrogen) atoms. The summed E-state index contributed by atoms with van der Waals surface area (Å²) >= 11 is 0. The van der Waals surface area contributed by atoms with Crippen LogP contribution in [0.1, 0.15) is 12.8 Å². The van der Waals surface area contributed by atoms with Gasteiger partial charge in [-0.25, -0.2) is 18.4 Å². The van der Waals surface area contributed by atoms with Crippen LogP contribution in [0.2, 0.25) is 0 Å². The van der Waals surface area contributed by atoms with Gasteiger partial charge in [-0.2, -0.15) is 0 Å². The number of aryl methyl sites for hydroxylation is 1. The van der Waals surface area contributed by atoms with Crippen LogP contribution in [0.25, 0.3) is 11.1 Å². The second-order valence-electron chi connectivity index (χ2n) is 5.71. The van der Waals surface area contributed by atoms with Crippen molar-refractivity contribution in [2.75, 3.05) is 5.32 Å². The Morgan fingerprint density at radius 2 is 1.81 bits per heavy atom. The summed E-state index contributed by atoms with van der Waals surface area (Å²) in [7, 11) is -3.76. The molecular weight excluding hydrogens is 358 g/mol. The smallest absolute Gasteiger partial charge is 0.408 e. The summed E-state index contributed by atoms with van der Waals surface area (Å²) in [4.78, 5) is 23.8. The average molecular weight is 375 g/mol. The van der Waals surface area contributed by atoms with Gasteiger partial charge in [-0.1, -0.05) is 12.1 Å². The summed E-state index contributed by atoms with van der Waals surface area (Å²) in [6, 6.07) is 12.7. The maximum absolute atomic E-state index is 12.0. The van der Waals surface area contributed by atoms with E-state index < -0.39 is 15.8 Å². The number of anilines is 1. The second kappa shape index (κ2) is 7.14. The lowest BCUT2D eigenvalue weighted by atomic mass is 10.2. The largest absolute Gasteiger partial charge is 0.419 e. The molecule has 0 saturated heterocycles. The SMILES string of the molecule is NS(=O)(=O)c1ccc(NC(=O)CCCn2c(=O)oc3ccccc32)cc1. The van der Waals surface area contributed by atoms with E-state index >= 15 is 0 Å². The fourth-order valence-corrected chi connectivity index (χ4v) is 3.09. The van der Waals surface area contributed by atoms with Crippen LogP contribution < -0.4 is 16.2 Å². The predicted octanol–water partition coefficient (Wildman–Crippen LogP) is 1.66. The molecule has 3 N–H and O–H groups in total. The number of carbonyl (C=O) groups excluding carboxylic acids is 1. The summed E-state index contributed by atoms with van der Waals surface area (Å²) < 4.78 is 29.0. The van der Waals surface area contributed by atoms with E-state index in [0.717, 1.165) is 0 Å². The molecule has 0 saturated carbocycles. The minimum absolute atomic E-state index is 0.0262. The van der Waals surface area contributed by atoms with Crippen molar-refractivity contribution in [3.63, 3.8) is 0 Å². The molecule has 2 aromatic carbocycles. The number of benzene rings is 2. The Morgan fingerprint density at radius 3 is 2.50 bits per heavy atom. The zero-order chi connectivity index (χ0) is 18.7. The molecule has 0 spiro atoms. The Labute approximate surface area is 149 Å². The highest BCUT2D eigenvalue weighted by molar-refractivity contribution is 7.89. The zero-order valence-electron chi connectivity index (χ0n) is 13.7. The lowest BCUT2D eigenvalue weighted by Gasteiger charge is -2.06. The number of para-hydroxylation sites is 2. The van der Waals surface area contributed by atoms with E-state index in [0.29, 0.717) is 29.8 Å². The van der Waals surface area contributed by atoms with Crippen LogP contribution in [0, 0.1) is 0 Å². The first-order valence-corrected chi connectivity index (χ1v) is 9.40. The number of sulfonamides is 1. The van der Waals surface area contributed by atoms with E-state index in [-0.39, 0.29) is 17.2 Å². The van der Waals surface area contributed by atoms with Crippen molar-refractivity contribution >= 4 is 32.7 Å². The number of aromatic nitrogens is 1. The van der Waals surface area contributed by atoms with Gasteiger partial charge in [0.2, 0.25) is 15.9 Å². The van der Waals surface area contributed by atoms with Crippen molar-refractivity contribution < 1.29 is 17.6 Å². The number of oxazole rings is 1. The van der Waals surface area contributed by atoms with Gasteiger partial charge in [0.25, 0.3) is 0 Å². The summed E-state index contributed by atoms with van der Waals surface area (Å²) in [5, 5.41) is 7.69. The molecule has 0 aliphatic rings.